The molecule has 2 saturated carbocycles. The highest BCUT2D eigenvalue weighted by Gasteiger charge is 2.66. The number of rotatable bonds is 0. The lowest BCUT2D eigenvalue weighted by Gasteiger charge is -2.51. The minimum Gasteiger partial charge on any atom is -0.369 e. The van der Waals surface area contributed by atoms with Crippen LogP contribution in [0.4, 0.5) is 0 Å². The van der Waals surface area contributed by atoms with E-state index in [4.69, 9.17) is 4.74 Å². The molecule has 0 aromatic rings. The molecule has 0 radical (unpaired) electrons. The molecule has 0 aromatic carbocycles. The first-order chi connectivity index (χ1) is 9.27. The van der Waals surface area contributed by atoms with Crippen LogP contribution in [-0.4, -0.2) is 12.2 Å². The Labute approximate surface area is 115 Å². The fraction of sp³-hybridized carbons (Fsp3) is 0.667. The molecular formula is C18H22O. The summed E-state index contributed by atoms with van der Waals surface area (Å²) in [5.41, 5.74) is 2.09. The van der Waals surface area contributed by atoms with Crippen LogP contribution in [0.25, 0.3) is 0 Å². The first kappa shape index (κ1) is 10.9. The third-order valence-corrected chi connectivity index (χ3v) is 6.84. The van der Waals surface area contributed by atoms with Crippen LogP contribution in [0.15, 0.2) is 36.0 Å². The summed E-state index contributed by atoms with van der Waals surface area (Å²) < 4.78 is 5.87. The largest absolute Gasteiger partial charge is 0.369 e. The highest BCUT2D eigenvalue weighted by atomic mass is 16.6. The molecule has 1 nitrogen and oxygen atoms in total. The quantitative estimate of drug-likeness (QED) is 0.598. The molecule has 0 bridgehead atoms. The van der Waals surface area contributed by atoms with Crippen molar-refractivity contribution in [1.29, 1.82) is 0 Å². The zero-order chi connectivity index (χ0) is 12.6. The molecular weight excluding hydrogens is 232 g/mol. The van der Waals surface area contributed by atoms with E-state index in [1.54, 1.807) is 5.57 Å². The molecule has 5 rings (SSSR count). The molecule has 1 heteroatoms. The predicted octanol–water partition coefficient (Wildman–Crippen LogP) is 3.88. The first-order valence-electron chi connectivity index (χ1n) is 7.98. The summed E-state index contributed by atoms with van der Waals surface area (Å²) in [5, 5.41) is 0. The fourth-order valence-corrected chi connectivity index (χ4v) is 5.84. The van der Waals surface area contributed by atoms with E-state index < -0.39 is 0 Å². The lowest BCUT2D eigenvalue weighted by Crippen LogP contribution is -2.45. The van der Waals surface area contributed by atoms with Gasteiger partial charge >= 0.3 is 0 Å². The second-order valence-electron chi connectivity index (χ2n) is 7.52. The molecule has 5 aliphatic rings. The minimum absolute atomic E-state index is 0.505. The molecule has 0 aromatic heterocycles. The monoisotopic (exact) mass is 254 g/mol. The Kier molecular flexibility index (Phi) is 1.97. The van der Waals surface area contributed by atoms with Crippen LogP contribution < -0.4 is 0 Å². The van der Waals surface area contributed by atoms with Crippen LogP contribution in [0, 0.1) is 29.1 Å². The van der Waals surface area contributed by atoms with Crippen LogP contribution in [0.1, 0.15) is 32.6 Å². The summed E-state index contributed by atoms with van der Waals surface area (Å²) in [5.74, 6) is 3.45. The average Bonchev–Trinajstić information content (AvgIpc) is 3.16. The zero-order valence-corrected chi connectivity index (χ0v) is 11.6. The van der Waals surface area contributed by atoms with E-state index in [1.807, 2.05) is 0 Å². The van der Waals surface area contributed by atoms with E-state index in [0.29, 0.717) is 23.5 Å². The van der Waals surface area contributed by atoms with E-state index in [0.717, 1.165) is 17.8 Å². The lowest BCUT2D eigenvalue weighted by atomic mass is 9.54. The molecule has 0 unspecified atom stereocenters. The second kappa shape index (κ2) is 3.44. The van der Waals surface area contributed by atoms with Gasteiger partial charge < -0.3 is 4.74 Å². The summed E-state index contributed by atoms with van der Waals surface area (Å²) >= 11 is 0. The van der Waals surface area contributed by atoms with Gasteiger partial charge in [0.1, 0.15) is 0 Å². The van der Waals surface area contributed by atoms with Crippen LogP contribution in [-0.2, 0) is 4.74 Å². The maximum Gasteiger partial charge on any atom is 0.0898 e. The molecule has 7 atom stereocenters. The van der Waals surface area contributed by atoms with Gasteiger partial charge in [0.05, 0.1) is 12.2 Å². The summed E-state index contributed by atoms with van der Waals surface area (Å²) in [6, 6.07) is 0. The van der Waals surface area contributed by atoms with Gasteiger partial charge in [-0.1, -0.05) is 37.3 Å². The van der Waals surface area contributed by atoms with Crippen LogP contribution in [0.3, 0.4) is 0 Å². The number of hydrogen-bond acceptors (Lipinski definition) is 1. The molecule has 1 saturated heterocycles. The van der Waals surface area contributed by atoms with Gasteiger partial charge in [0, 0.05) is 5.92 Å². The standard InChI is InChI=1S/C18H22O/c1-18-9-8-13-12-5-3-2-4-11(12)6-7-14(13)15(18)10-16-17(18)19-16/h2-6,12-17H,7-10H2,1H3/t12-,13+,14+,15-,16+,17+,18-/m0/s1. The van der Waals surface area contributed by atoms with Gasteiger partial charge in [0.2, 0.25) is 0 Å². The maximum absolute atomic E-state index is 5.87. The molecule has 0 N–H and O–H groups in total. The van der Waals surface area contributed by atoms with Gasteiger partial charge in [-0.25, -0.2) is 0 Å². The molecule has 0 amide bonds. The lowest BCUT2D eigenvalue weighted by molar-refractivity contribution is -0.0201. The summed E-state index contributed by atoms with van der Waals surface area (Å²) in [6.07, 6.45) is 18.5. The van der Waals surface area contributed by atoms with Gasteiger partial charge in [-0.3, -0.25) is 0 Å². The Hall–Kier alpha value is -0.820. The average molecular weight is 254 g/mol. The van der Waals surface area contributed by atoms with Crippen molar-refractivity contribution >= 4 is 0 Å². The van der Waals surface area contributed by atoms with Crippen molar-refractivity contribution in [1.82, 2.24) is 0 Å². The van der Waals surface area contributed by atoms with Crippen molar-refractivity contribution in [2.45, 2.75) is 44.8 Å². The summed E-state index contributed by atoms with van der Waals surface area (Å²) in [4.78, 5) is 0. The summed E-state index contributed by atoms with van der Waals surface area (Å²) in [6.45, 7) is 2.52. The zero-order valence-electron chi connectivity index (χ0n) is 11.6. The number of hydrogen-bond donors (Lipinski definition) is 0. The molecule has 0 spiro atoms. The Bertz CT molecular complexity index is 514. The smallest absolute Gasteiger partial charge is 0.0898 e. The summed E-state index contributed by atoms with van der Waals surface area (Å²) in [7, 11) is 0. The first-order valence-corrected chi connectivity index (χ1v) is 7.98. The van der Waals surface area contributed by atoms with Gasteiger partial charge in [0.25, 0.3) is 0 Å². The van der Waals surface area contributed by atoms with Gasteiger partial charge in [-0.05, 0) is 54.4 Å². The minimum atomic E-state index is 0.505. The molecule has 1 aliphatic heterocycles. The maximum atomic E-state index is 5.87. The van der Waals surface area contributed by atoms with Gasteiger partial charge in [-0.2, -0.15) is 0 Å². The van der Waals surface area contributed by atoms with Crippen molar-refractivity contribution in [2.75, 3.05) is 0 Å². The Morgan fingerprint density at radius 2 is 2.21 bits per heavy atom. The van der Waals surface area contributed by atoms with E-state index in [-0.39, 0.29) is 0 Å². The topological polar surface area (TPSA) is 12.5 Å². The van der Waals surface area contributed by atoms with E-state index in [9.17, 15) is 0 Å². The second-order valence-corrected chi connectivity index (χ2v) is 7.52. The Balaban J connectivity index is 1.52. The van der Waals surface area contributed by atoms with Crippen molar-refractivity contribution in [3.63, 3.8) is 0 Å². The molecule has 3 fully saturated rings. The predicted molar refractivity (Wildman–Crippen MR) is 75.6 cm³/mol. The SMILES string of the molecule is C[C@]12CC[C@H]3[C@@H](CC=C4C=CC=C[C@@H]43)[C@@H]1C[C@H]1O[C@H]12. The van der Waals surface area contributed by atoms with Crippen LogP contribution >= 0.6 is 0 Å². The molecule has 4 aliphatic carbocycles. The number of ether oxygens (including phenoxy) is 1. The van der Waals surface area contributed by atoms with E-state index in [1.165, 1.54) is 25.7 Å². The van der Waals surface area contributed by atoms with Crippen molar-refractivity contribution < 1.29 is 4.74 Å². The highest BCUT2D eigenvalue weighted by Crippen LogP contribution is 2.66. The van der Waals surface area contributed by atoms with E-state index in [2.05, 4.69) is 37.3 Å². The van der Waals surface area contributed by atoms with Crippen molar-refractivity contribution in [3.05, 3.63) is 36.0 Å². The van der Waals surface area contributed by atoms with Crippen molar-refractivity contribution in [2.24, 2.45) is 29.1 Å². The number of fused-ring (bicyclic) bond motifs is 7. The van der Waals surface area contributed by atoms with Gasteiger partial charge in [-0.15, -0.1) is 0 Å². The number of allylic oxidation sites excluding steroid dienone is 6. The highest BCUT2D eigenvalue weighted by molar-refractivity contribution is 5.36. The van der Waals surface area contributed by atoms with Gasteiger partial charge in [0.15, 0.2) is 0 Å². The fourth-order valence-electron chi connectivity index (χ4n) is 5.84. The molecule has 100 valence electrons. The third-order valence-electron chi connectivity index (χ3n) is 6.84. The normalized spacial score (nSPS) is 56.8. The molecule has 19 heavy (non-hydrogen) atoms. The third kappa shape index (κ3) is 1.30. The Morgan fingerprint density at radius 1 is 1.26 bits per heavy atom. The van der Waals surface area contributed by atoms with Crippen LogP contribution in [0.2, 0.25) is 0 Å². The Morgan fingerprint density at radius 3 is 3.16 bits per heavy atom. The number of epoxide rings is 1. The van der Waals surface area contributed by atoms with E-state index >= 15 is 0 Å². The van der Waals surface area contributed by atoms with Crippen molar-refractivity contribution in [3.8, 4) is 0 Å². The van der Waals surface area contributed by atoms with Crippen LogP contribution in [0.5, 0.6) is 0 Å². The molecule has 1 heterocycles.